The van der Waals surface area contributed by atoms with Crippen LogP contribution in [-0.2, 0) is 0 Å². The van der Waals surface area contributed by atoms with Crippen LogP contribution in [0.1, 0.15) is 18.5 Å². The van der Waals surface area contributed by atoms with Crippen molar-refractivity contribution >= 4 is 17.6 Å². The second-order valence-electron chi connectivity index (χ2n) is 5.45. The second-order valence-corrected chi connectivity index (χ2v) is 5.89. The number of nitrogens with zero attached hydrogens (tertiary/aromatic N) is 1. The van der Waals surface area contributed by atoms with Crippen LogP contribution in [0.2, 0.25) is 5.02 Å². The van der Waals surface area contributed by atoms with Gasteiger partial charge in [0, 0.05) is 12.1 Å². The van der Waals surface area contributed by atoms with E-state index in [1.54, 1.807) is 37.4 Å². The van der Waals surface area contributed by atoms with Gasteiger partial charge in [-0.3, -0.25) is 0 Å². The summed E-state index contributed by atoms with van der Waals surface area (Å²) >= 11 is 5.88. The number of amides is 2. The summed E-state index contributed by atoms with van der Waals surface area (Å²) in [6.07, 6.45) is 0. The molecule has 2 aromatic rings. The lowest BCUT2D eigenvalue weighted by Gasteiger charge is -2.21. The van der Waals surface area contributed by atoms with Gasteiger partial charge in [-0.2, -0.15) is 0 Å². The van der Waals surface area contributed by atoms with E-state index in [-0.39, 0.29) is 17.9 Å². The van der Waals surface area contributed by atoms with Crippen molar-refractivity contribution in [3.63, 3.8) is 0 Å². The Bertz CT molecular complexity index is 679. The molecule has 0 spiro atoms. The van der Waals surface area contributed by atoms with Gasteiger partial charge in [-0.15, -0.1) is 0 Å². The van der Waals surface area contributed by atoms with Crippen molar-refractivity contribution in [2.75, 3.05) is 20.2 Å². The van der Waals surface area contributed by atoms with Crippen molar-refractivity contribution in [2.24, 2.45) is 0 Å². The van der Waals surface area contributed by atoms with Crippen molar-refractivity contribution in [3.8, 4) is 5.75 Å². The summed E-state index contributed by atoms with van der Waals surface area (Å²) in [6.45, 7) is 2.63. The van der Waals surface area contributed by atoms with Crippen molar-refractivity contribution in [1.82, 2.24) is 10.2 Å². The number of halogens is 2. The predicted octanol–water partition coefficient (Wildman–Crippen LogP) is 4.26. The van der Waals surface area contributed by atoms with Crippen LogP contribution >= 0.6 is 11.6 Å². The average Bonchev–Trinajstić information content (AvgIpc) is 2.55. The third kappa shape index (κ3) is 5.42. The second kappa shape index (κ2) is 8.55. The maximum atomic E-state index is 12.9. The molecule has 0 saturated carbocycles. The molecule has 0 fully saturated rings. The predicted molar refractivity (Wildman–Crippen MR) is 92.9 cm³/mol. The molecule has 0 aliphatic heterocycles. The lowest BCUT2D eigenvalue weighted by molar-refractivity contribution is 0.192. The number of carbonyl (C=O) groups is 1. The molecule has 1 unspecified atom stereocenters. The number of hydrogen-bond acceptors (Lipinski definition) is 2. The van der Waals surface area contributed by atoms with Gasteiger partial charge in [-0.1, -0.05) is 29.8 Å². The summed E-state index contributed by atoms with van der Waals surface area (Å²) < 4.78 is 18.5. The highest BCUT2D eigenvalue weighted by molar-refractivity contribution is 6.30. The van der Waals surface area contributed by atoms with Crippen molar-refractivity contribution in [3.05, 3.63) is 64.9 Å². The molecule has 1 N–H and O–H groups in total. The number of carbonyl (C=O) groups excluding carboxylic acids is 1. The first-order chi connectivity index (χ1) is 11.5. The Kier molecular flexibility index (Phi) is 6.44. The monoisotopic (exact) mass is 350 g/mol. The molecule has 0 aliphatic rings. The van der Waals surface area contributed by atoms with Crippen LogP contribution in [0.5, 0.6) is 5.75 Å². The first kappa shape index (κ1) is 18.1. The molecule has 0 radical (unpaired) electrons. The zero-order valence-electron chi connectivity index (χ0n) is 13.6. The van der Waals surface area contributed by atoms with E-state index >= 15 is 0 Å². The minimum Gasteiger partial charge on any atom is -0.492 e. The molecule has 128 valence electrons. The van der Waals surface area contributed by atoms with Crippen molar-refractivity contribution in [2.45, 2.75) is 13.0 Å². The van der Waals surface area contributed by atoms with Gasteiger partial charge in [0.05, 0.1) is 12.6 Å². The molecule has 0 aliphatic carbocycles. The Hall–Kier alpha value is -2.27. The van der Waals surface area contributed by atoms with E-state index in [1.807, 2.05) is 13.0 Å². The smallest absolute Gasteiger partial charge is 0.317 e. The number of benzene rings is 2. The molecule has 0 saturated heterocycles. The van der Waals surface area contributed by atoms with Gasteiger partial charge in [0.15, 0.2) is 0 Å². The molecular formula is C18H20ClFN2O2. The number of nitrogens with one attached hydrogen (secondary N) is 1. The Labute approximate surface area is 146 Å². The van der Waals surface area contributed by atoms with Crippen LogP contribution in [-0.4, -0.2) is 31.1 Å². The largest absolute Gasteiger partial charge is 0.492 e. The third-order valence-corrected chi connectivity index (χ3v) is 3.78. The van der Waals surface area contributed by atoms with Gasteiger partial charge in [-0.05, 0) is 42.8 Å². The van der Waals surface area contributed by atoms with Crippen LogP contribution in [0.25, 0.3) is 0 Å². The fourth-order valence-corrected chi connectivity index (χ4v) is 2.27. The van der Waals surface area contributed by atoms with Crippen molar-refractivity contribution < 1.29 is 13.9 Å². The third-order valence-electron chi connectivity index (χ3n) is 3.55. The fourth-order valence-electron chi connectivity index (χ4n) is 2.09. The average molecular weight is 351 g/mol. The number of ether oxygens (including phenoxy) is 1. The molecule has 2 aromatic carbocycles. The minimum absolute atomic E-state index is 0.214. The molecule has 4 nitrogen and oxygen atoms in total. The highest BCUT2D eigenvalue weighted by Gasteiger charge is 2.13. The SMILES string of the molecule is CC(NC(=O)N(C)CCOc1cccc(Cl)c1)c1ccc(F)cc1. The molecular weight excluding hydrogens is 331 g/mol. The minimum atomic E-state index is -0.299. The van der Waals surface area contributed by atoms with E-state index in [4.69, 9.17) is 16.3 Å². The molecule has 2 amide bonds. The van der Waals surface area contributed by atoms with E-state index in [0.717, 1.165) is 5.56 Å². The van der Waals surface area contributed by atoms with E-state index < -0.39 is 0 Å². The molecule has 0 bridgehead atoms. The summed E-state index contributed by atoms with van der Waals surface area (Å²) in [4.78, 5) is 13.7. The summed E-state index contributed by atoms with van der Waals surface area (Å²) in [7, 11) is 1.69. The van der Waals surface area contributed by atoms with Crippen LogP contribution < -0.4 is 10.1 Å². The van der Waals surface area contributed by atoms with Crippen LogP contribution in [0.3, 0.4) is 0 Å². The van der Waals surface area contributed by atoms with Crippen LogP contribution in [0.4, 0.5) is 9.18 Å². The number of rotatable bonds is 6. The fraction of sp³-hybridized carbons (Fsp3) is 0.278. The normalized spacial score (nSPS) is 11.7. The molecule has 1 atom stereocenters. The van der Waals surface area contributed by atoms with Gasteiger partial charge < -0.3 is 15.0 Å². The topological polar surface area (TPSA) is 41.6 Å². The highest BCUT2D eigenvalue weighted by atomic mass is 35.5. The van der Waals surface area contributed by atoms with Gasteiger partial charge in [0.2, 0.25) is 0 Å². The first-order valence-electron chi connectivity index (χ1n) is 7.61. The Morgan fingerprint density at radius 2 is 2.00 bits per heavy atom. The molecule has 6 heteroatoms. The van der Waals surface area contributed by atoms with Gasteiger partial charge in [-0.25, -0.2) is 9.18 Å². The first-order valence-corrected chi connectivity index (χ1v) is 7.99. The highest BCUT2D eigenvalue weighted by Crippen LogP contribution is 2.17. The van der Waals surface area contributed by atoms with Crippen molar-refractivity contribution in [1.29, 1.82) is 0 Å². The Balaban J connectivity index is 1.78. The number of hydrogen-bond donors (Lipinski definition) is 1. The van der Waals surface area contributed by atoms with E-state index in [1.165, 1.54) is 17.0 Å². The summed E-state index contributed by atoms with van der Waals surface area (Å²) in [6, 6.07) is 12.7. The van der Waals surface area contributed by atoms with E-state index in [9.17, 15) is 9.18 Å². The summed E-state index contributed by atoms with van der Waals surface area (Å²) in [5.74, 6) is 0.364. The van der Waals surface area contributed by atoms with E-state index in [2.05, 4.69) is 5.32 Å². The lowest BCUT2D eigenvalue weighted by atomic mass is 10.1. The Morgan fingerprint density at radius 1 is 1.29 bits per heavy atom. The van der Waals surface area contributed by atoms with Gasteiger partial charge in [0.25, 0.3) is 0 Å². The maximum absolute atomic E-state index is 12.9. The van der Waals surface area contributed by atoms with Gasteiger partial charge in [0.1, 0.15) is 18.2 Å². The summed E-state index contributed by atoms with van der Waals surface area (Å²) in [5, 5.41) is 3.46. The van der Waals surface area contributed by atoms with Crippen LogP contribution in [0, 0.1) is 5.82 Å². The molecule has 0 heterocycles. The Morgan fingerprint density at radius 3 is 2.67 bits per heavy atom. The quantitative estimate of drug-likeness (QED) is 0.845. The lowest BCUT2D eigenvalue weighted by Crippen LogP contribution is -2.40. The maximum Gasteiger partial charge on any atom is 0.317 e. The standard InChI is InChI=1S/C18H20ClFN2O2/c1-13(14-6-8-16(20)9-7-14)21-18(23)22(2)10-11-24-17-5-3-4-15(19)12-17/h3-9,12-13H,10-11H2,1-2H3,(H,21,23). The number of likely N-dealkylation sites (N-methyl/N-ethyl adjacent to an activating group) is 1. The summed E-state index contributed by atoms with van der Waals surface area (Å²) in [5.41, 5.74) is 0.841. The zero-order valence-corrected chi connectivity index (χ0v) is 14.4. The van der Waals surface area contributed by atoms with Crippen LogP contribution in [0.15, 0.2) is 48.5 Å². The van der Waals surface area contributed by atoms with E-state index in [0.29, 0.717) is 23.9 Å². The number of urea groups is 1. The molecule has 2 rings (SSSR count). The van der Waals surface area contributed by atoms with Gasteiger partial charge >= 0.3 is 6.03 Å². The zero-order chi connectivity index (χ0) is 17.5. The molecule has 24 heavy (non-hydrogen) atoms. The molecule has 0 aromatic heterocycles.